The predicted octanol–water partition coefficient (Wildman–Crippen LogP) is 3.19. The molecule has 9 nitrogen and oxygen atoms in total. The molecule has 2 atom stereocenters. The Balaban J connectivity index is 0.000000542. The number of nitrogens with zero attached hydrogens (tertiary/aromatic N) is 2. The summed E-state index contributed by atoms with van der Waals surface area (Å²) in [5.74, 6) is 6.19. The Morgan fingerprint density at radius 2 is 1.73 bits per heavy atom. The van der Waals surface area contributed by atoms with Gasteiger partial charge in [0.05, 0.1) is 13.7 Å². The number of amides is 1. The molecule has 0 spiro atoms. The topological polar surface area (TPSA) is 111 Å². The summed E-state index contributed by atoms with van der Waals surface area (Å²) >= 11 is 0. The molecule has 3 aliphatic rings. The lowest BCUT2D eigenvalue weighted by Crippen LogP contribution is -2.52. The zero-order chi connectivity index (χ0) is 27.2. The number of methoxy groups -OCH3 is 2. The van der Waals surface area contributed by atoms with Gasteiger partial charge in [-0.05, 0) is 49.6 Å². The molecule has 10 heteroatoms. The van der Waals surface area contributed by atoms with Crippen LogP contribution in [0.4, 0.5) is 0 Å². The van der Waals surface area contributed by atoms with E-state index in [9.17, 15) is 13.2 Å². The molecule has 0 aromatic heterocycles. The van der Waals surface area contributed by atoms with Gasteiger partial charge in [0.25, 0.3) is 5.91 Å². The van der Waals surface area contributed by atoms with E-state index < -0.39 is 15.2 Å². The second-order valence-corrected chi connectivity index (χ2v) is 11.8. The molecule has 1 unspecified atom stereocenters. The molecule has 1 aliphatic heterocycles. The van der Waals surface area contributed by atoms with Crippen molar-refractivity contribution in [2.45, 2.75) is 38.1 Å². The van der Waals surface area contributed by atoms with E-state index in [1.165, 1.54) is 29.4 Å². The van der Waals surface area contributed by atoms with E-state index in [1.807, 2.05) is 13.8 Å². The first-order valence-electron chi connectivity index (χ1n) is 12.5. The van der Waals surface area contributed by atoms with Crippen LogP contribution in [0.15, 0.2) is 42.5 Å². The maximum atomic E-state index is 13.5. The van der Waals surface area contributed by atoms with Gasteiger partial charge in [-0.25, -0.2) is 13.4 Å². The van der Waals surface area contributed by atoms with Crippen LogP contribution in [0, 0.1) is 5.92 Å². The summed E-state index contributed by atoms with van der Waals surface area (Å²) in [6.07, 6.45) is 2.47. The lowest BCUT2D eigenvalue weighted by atomic mass is 9.95. The van der Waals surface area contributed by atoms with Crippen LogP contribution in [0.5, 0.6) is 11.5 Å². The number of ether oxygens (including phenoxy) is 3. The van der Waals surface area contributed by atoms with Gasteiger partial charge in [-0.2, -0.15) is 0 Å². The molecule has 37 heavy (non-hydrogen) atoms. The van der Waals surface area contributed by atoms with Crippen LogP contribution < -0.4 is 15.3 Å². The summed E-state index contributed by atoms with van der Waals surface area (Å²) in [7, 11) is -0.416. The van der Waals surface area contributed by atoms with Gasteiger partial charge in [-0.1, -0.05) is 24.3 Å². The van der Waals surface area contributed by atoms with Gasteiger partial charge in [-0.15, -0.1) is 0 Å². The van der Waals surface area contributed by atoms with Gasteiger partial charge in [0, 0.05) is 57.0 Å². The minimum Gasteiger partial charge on any atom is -0.493 e. The quantitative estimate of drug-likeness (QED) is 0.296. The molecule has 1 aromatic rings. The van der Waals surface area contributed by atoms with Gasteiger partial charge in [-0.3, -0.25) is 10.6 Å². The van der Waals surface area contributed by atoms with Crippen LogP contribution in [0.1, 0.15) is 37.0 Å². The fourth-order valence-corrected chi connectivity index (χ4v) is 6.27. The van der Waals surface area contributed by atoms with Crippen molar-refractivity contribution >= 4 is 15.7 Å². The Kier molecular flexibility index (Phi) is 9.94. The molecule has 1 aromatic carbocycles. The summed E-state index contributed by atoms with van der Waals surface area (Å²) in [5, 5.41) is 0.646. The number of sulfone groups is 1. The molecule has 0 bridgehead atoms. The Hall–Kier alpha value is -2.66. The van der Waals surface area contributed by atoms with Gasteiger partial charge in [0.15, 0.2) is 21.3 Å². The number of carbonyl (C=O) groups excluding carboxylic acids is 1. The number of hydrazine groups is 1. The standard InChI is InChI=1S/C21H35N3O6S.C6H4/c1-15(2)24(21(31(5,26)27)17-9-10-23(22)14-17)20(25)16-7-8-18(29-4)19(13-16)30-12-6-11-28-3;1-2-6-4-3-5(1)6/h7-8,13,15,17,21H,6,9-12,14,22H2,1-5H3;1-4H/t17-,21?;/m1./s1. The lowest BCUT2D eigenvalue weighted by molar-refractivity contribution is 0.0627. The Labute approximate surface area is 220 Å². The van der Waals surface area contributed by atoms with Gasteiger partial charge in [0.1, 0.15) is 5.37 Å². The van der Waals surface area contributed by atoms with Gasteiger partial charge in [0.2, 0.25) is 0 Å². The minimum absolute atomic E-state index is 0.255. The number of hydrogen-bond acceptors (Lipinski definition) is 8. The summed E-state index contributed by atoms with van der Waals surface area (Å²) in [6, 6.07) is 13.0. The molecule has 204 valence electrons. The van der Waals surface area contributed by atoms with E-state index in [1.54, 1.807) is 30.3 Å². The second kappa shape index (κ2) is 12.7. The SMILES string of the molecule is COCCCOc1cc(C(=O)N(C(C)C)C([C@@H]2CCN(N)C2)S(C)(=O)=O)ccc1OC.c1cc2ccc1-2. The average molecular weight is 534 g/mol. The first-order valence-corrected chi connectivity index (χ1v) is 14.4. The lowest BCUT2D eigenvalue weighted by Gasteiger charge is -2.37. The van der Waals surface area contributed by atoms with Crippen molar-refractivity contribution in [3.05, 3.63) is 48.0 Å². The maximum Gasteiger partial charge on any atom is 0.255 e. The molecular formula is C27H39N3O6S. The second-order valence-electron chi connectivity index (χ2n) is 9.71. The number of rotatable bonds is 11. The fraction of sp³-hybridized carbons (Fsp3) is 0.519. The van der Waals surface area contributed by atoms with E-state index >= 15 is 0 Å². The van der Waals surface area contributed by atoms with Crippen LogP contribution in [0.2, 0.25) is 0 Å². The summed E-state index contributed by atoms with van der Waals surface area (Å²) in [6.45, 7) is 5.60. The third-order valence-electron chi connectivity index (χ3n) is 6.54. The highest BCUT2D eigenvalue weighted by Crippen LogP contribution is 2.32. The molecule has 0 saturated carbocycles. The molecule has 1 fully saturated rings. The predicted molar refractivity (Wildman–Crippen MR) is 144 cm³/mol. The number of nitrogens with two attached hydrogens (primary N) is 1. The van der Waals surface area contributed by atoms with Crippen molar-refractivity contribution in [2.24, 2.45) is 11.8 Å². The smallest absolute Gasteiger partial charge is 0.255 e. The number of carbonyl (C=O) groups is 1. The molecular weight excluding hydrogens is 494 g/mol. The number of fused-ring (bicyclic) bond motifs is 1. The van der Waals surface area contributed by atoms with Crippen molar-refractivity contribution in [1.29, 1.82) is 0 Å². The van der Waals surface area contributed by atoms with Gasteiger partial charge >= 0.3 is 0 Å². The molecule has 2 aliphatic carbocycles. The van der Waals surface area contributed by atoms with Crippen LogP contribution in [0.3, 0.4) is 0 Å². The Morgan fingerprint density at radius 1 is 1.08 bits per heavy atom. The number of benzene rings is 2. The summed E-state index contributed by atoms with van der Waals surface area (Å²) < 4.78 is 41.7. The van der Waals surface area contributed by atoms with Crippen molar-refractivity contribution in [3.8, 4) is 22.6 Å². The molecule has 1 amide bonds. The largest absolute Gasteiger partial charge is 0.493 e. The van der Waals surface area contributed by atoms with Crippen LogP contribution in [0.25, 0.3) is 11.1 Å². The van der Waals surface area contributed by atoms with E-state index in [0.29, 0.717) is 56.2 Å². The molecule has 4 rings (SSSR count). The third-order valence-corrected chi connectivity index (χ3v) is 8.03. The molecule has 1 saturated heterocycles. The Bertz CT molecular complexity index is 1130. The van der Waals surface area contributed by atoms with E-state index in [2.05, 4.69) is 24.3 Å². The van der Waals surface area contributed by atoms with E-state index in [-0.39, 0.29) is 17.9 Å². The molecule has 1 heterocycles. The highest BCUT2D eigenvalue weighted by molar-refractivity contribution is 7.91. The average Bonchev–Trinajstić information content (AvgIpc) is 3.26. The van der Waals surface area contributed by atoms with Crippen molar-refractivity contribution < 1.29 is 27.4 Å². The molecule has 2 N–H and O–H groups in total. The van der Waals surface area contributed by atoms with Crippen molar-refractivity contribution in [2.75, 3.05) is 46.8 Å². The zero-order valence-electron chi connectivity index (χ0n) is 22.3. The van der Waals surface area contributed by atoms with Crippen LogP contribution in [-0.4, -0.2) is 82.4 Å². The number of hydrogen-bond donors (Lipinski definition) is 1. The first-order chi connectivity index (χ1) is 17.6. The zero-order valence-corrected chi connectivity index (χ0v) is 23.2. The van der Waals surface area contributed by atoms with Gasteiger partial charge < -0.3 is 19.1 Å². The minimum atomic E-state index is -3.56. The van der Waals surface area contributed by atoms with Crippen molar-refractivity contribution in [3.63, 3.8) is 0 Å². The Morgan fingerprint density at radius 3 is 2.16 bits per heavy atom. The maximum absolute atomic E-state index is 13.5. The third kappa shape index (κ3) is 7.22. The highest BCUT2D eigenvalue weighted by Gasteiger charge is 2.42. The fourth-order valence-electron chi connectivity index (χ4n) is 4.59. The summed E-state index contributed by atoms with van der Waals surface area (Å²) in [4.78, 5) is 15.0. The monoisotopic (exact) mass is 533 g/mol. The normalized spacial score (nSPS) is 17.1. The van der Waals surface area contributed by atoms with Crippen LogP contribution >= 0.6 is 0 Å². The van der Waals surface area contributed by atoms with E-state index in [0.717, 1.165) is 0 Å². The molecule has 0 radical (unpaired) electrons. The highest BCUT2D eigenvalue weighted by atomic mass is 32.2. The van der Waals surface area contributed by atoms with Crippen LogP contribution in [-0.2, 0) is 14.6 Å². The first kappa shape index (κ1) is 28.9. The van der Waals surface area contributed by atoms with E-state index in [4.69, 9.17) is 20.1 Å². The van der Waals surface area contributed by atoms with Crippen molar-refractivity contribution in [1.82, 2.24) is 9.91 Å². The summed E-state index contributed by atoms with van der Waals surface area (Å²) in [5.41, 5.74) is 3.19.